The smallest absolute Gasteiger partial charge is 0.225 e. The Labute approximate surface area is 150 Å². The van der Waals surface area contributed by atoms with E-state index >= 15 is 0 Å². The molecule has 3 N–H and O–H groups in total. The predicted octanol–water partition coefficient (Wildman–Crippen LogP) is 1.49. The lowest BCUT2D eigenvalue weighted by molar-refractivity contribution is -0.132. The van der Waals surface area contributed by atoms with Crippen LogP contribution in [0.1, 0.15) is 12.8 Å². The van der Waals surface area contributed by atoms with Gasteiger partial charge >= 0.3 is 0 Å². The first kappa shape index (κ1) is 16.5. The number of hydrogen-bond acceptors (Lipinski definition) is 6. The van der Waals surface area contributed by atoms with E-state index in [1.165, 1.54) is 0 Å². The quantitative estimate of drug-likeness (QED) is 0.720. The van der Waals surface area contributed by atoms with Gasteiger partial charge in [-0.05, 0) is 25.0 Å². The summed E-state index contributed by atoms with van der Waals surface area (Å²) in [6.07, 6.45) is 1.22. The van der Waals surface area contributed by atoms with E-state index in [0.717, 1.165) is 5.56 Å². The van der Waals surface area contributed by atoms with E-state index < -0.39 is 5.41 Å². The molecule has 1 aromatic carbocycles. The van der Waals surface area contributed by atoms with Gasteiger partial charge in [0.05, 0.1) is 5.41 Å². The van der Waals surface area contributed by atoms with Crippen LogP contribution in [0.2, 0.25) is 0 Å². The Kier molecular flexibility index (Phi) is 4.26. The molecule has 26 heavy (non-hydrogen) atoms. The number of nitrogens with two attached hydrogens (primary N) is 1. The second-order valence-corrected chi connectivity index (χ2v) is 6.49. The number of nitrogens with zero attached hydrogens (tertiary/aromatic N) is 4. The largest absolute Gasteiger partial charge is 0.381 e. The monoisotopic (exact) mass is 352 g/mol. The zero-order chi connectivity index (χ0) is 18.0. The van der Waals surface area contributed by atoms with Crippen molar-refractivity contribution in [2.75, 3.05) is 25.1 Å². The van der Waals surface area contributed by atoms with Gasteiger partial charge in [-0.25, -0.2) is 0 Å². The van der Waals surface area contributed by atoms with Crippen molar-refractivity contribution in [3.05, 3.63) is 42.5 Å². The third kappa shape index (κ3) is 2.99. The van der Waals surface area contributed by atoms with Gasteiger partial charge in [0, 0.05) is 25.3 Å². The van der Waals surface area contributed by atoms with Crippen LogP contribution < -0.4 is 11.1 Å². The minimum Gasteiger partial charge on any atom is -0.381 e. The highest BCUT2D eigenvalue weighted by Crippen LogP contribution is 2.30. The molecular weight excluding hydrogens is 332 g/mol. The number of amides is 1. The number of fused-ring (bicyclic) bond motifs is 1. The summed E-state index contributed by atoms with van der Waals surface area (Å²) in [5.41, 5.74) is 6.64. The van der Waals surface area contributed by atoms with Crippen LogP contribution in [0.4, 0.5) is 5.82 Å². The maximum absolute atomic E-state index is 12.0. The molecular formula is C18H20N6O2. The van der Waals surface area contributed by atoms with E-state index in [-0.39, 0.29) is 5.91 Å². The summed E-state index contributed by atoms with van der Waals surface area (Å²) in [7, 11) is 0. The highest BCUT2D eigenvalue weighted by molar-refractivity contribution is 5.81. The van der Waals surface area contributed by atoms with Crippen LogP contribution in [-0.4, -0.2) is 45.5 Å². The molecule has 0 bridgehead atoms. The molecule has 0 atom stereocenters. The lowest BCUT2D eigenvalue weighted by Crippen LogP contribution is -2.46. The van der Waals surface area contributed by atoms with Gasteiger partial charge in [-0.2, -0.15) is 4.52 Å². The number of carbonyl (C=O) groups is 1. The molecule has 0 spiro atoms. The van der Waals surface area contributed by atoms with Crippen molar-refractivity contribution in [1.82, 2.24) is 19.8 Å². The third-order valence-electron chi connectivity index (χ3n) is 4.88. The predicted molar refractivity (Wildman–Crippen MR) is 96.4 cm³/mol. The molecule has 0 saturated carbocycles. The molecule has 1 amide bonds. The Bertz CT molecular complexity index is 918. The van der Waals surface area contributed by atoms with Crippen molar-refractivity contribution in [3.8, 4) is 11.4 Å². The van der Waals surface area contributed by atoms with Crippen molar-refractivity contribution < 1.29 is 9.53 Å². The topological polar surface area (TPSA) is 107 Å². The average Bonchev–Trinajstić information content (AvgIpc) is 3.11. The summed E-state index contributed by atoms with van der Waals surface area (Å²) < 4.78 is 7.06. The molecule has 0 radical (unpaired) electrons. The molecule has 134 valence electrons. The molecule has 3 heterocycles. The Morgan fingerprint density at radius 3 is 2.65 bits per heavy atom. The van der Waals surface area contributed by atoms with Crippen LogP contribution in [0.3, 0.4) is 0 Å². The van der Waals surface area contributed by atoms with Crippen molar-refractivity contribution in [3.63, 3.8) is 0 Å². The zero-order valence-electron chi connectivity index (χ0n) is 14.3. The Morgan fingerprint density at radius 1 is 1.15 bits per heavy atom. The van der Waals surface area contributed by atoms with Crippen LogP contribution in [0.25, 0.3) is 17.0 Å². The lowest BCUT2D eigenvalue weighted by Gasteiger charge is -2.34. The van der Waals surface area contributed by atoms with Crippen molar-refractivity contribution in [1.29, 1.82) is 0 Å². The SMILES string of the molecule is NC(=O)C1(CNc2ccc3nnc(-c4ccccc4)n3n2)CCOCC1. The standard InChI is InChI=1S/C18H20N6O2/c19-17(25)18(8-10-26-11-9-18)12-20-14-6-7-15-21-22-16(24(15)23-14)13-4-2-1-3-5-13/h1-7H,8-12H2,(H2,19,25)(H,20,23). The minimum absolute atomic E-state index is 0.302. The van der Waals surface area contributed by atoms with E-state index in [4.69, 9.17) is 10.5 Å². The molecule has 1 aliphatic rings. The van der Waals surface area contributed by atoms with Gasteiger partial charge in [0.25, 0.3) is 0 Å². The van der Waals surface area contributed by atoms with E-state index in [0.29, 0.717) is 49.9 Å². The number of primary amides is 1. The molecule has 1 aliphatic heterocycles. The third-order valence-corrected chi connectivity index (χ3v) is 4.88. The Hall–Kier alpha value is -3.00. The van der Waals surface area contributed by atoms with Crippen LogP contribution in [0.15, 0.2) is 42.5 Å². The number of hydrogen-bond donors (Lipinski definition) is 2. The van der Waals surface area contributed by atoms with E-state index in [1.807, 2.05) is 42.5 Å². The molecule has 4 rings (SSSR count). The van der Waals surface area contributed by atoms with Gasteiger partial charge in [-0.15, -0.1) is 15.3 Å². The second-order valence-electron chi connectivity index (χ2n) is 6.49. The van der Waals surface area contributed by atoms with Crippen molar-refractivity contribution in [2.45, 2.75) is 12.8 Å². The molecule has 8 nitrogen and oxygen atoms in total. The van der Waals surface area contributed by atoms with Gasteiger partial charge in [0.1, 0.15) is 5.82 Å². The number of benzene rings is 1. The summed E-state index contributed by atoms with van der Waals surface area (Å²) in [4.78, 5) is 12.0. The first-order valence-corrected chi connectivity index (χ1v) is 8.57. The van der Waals surface area contributed by atoms with E-state index in [1.54, 1.807) is 4.52 Å². The number of anilines is 1. The normalized spacial score (nSPS) is 16.5. The fraction of sp³-hybridized carbons (Fsp3) is 0.333. The Morgan fingerprint density at radius 2 is 1.92 bits per heavy atom. The van der Waals surface area contributed by atoms with Gasteiger partial charge in [-0.1, -0.05) is 30.3 Å². The molecule has 3 aromatic rings. The highest BCUT2D eigenvalue weighted by Gasteiger charge is 2.38. The zero-order valence-corrected chi connectivity index (χ0v) is 14.3. The molecule has 1 fully saturated rings. The second kappa shape index (κ2) is 6.72. The first-order chi connectivity index (χ1) is 12.7. The number of aromatic nitrogens is 4. The fourth-order valence-corrected chi connectivity index (χ4v) is 3.18. The number of nitrogens with one attached hydrogen (secondary N) is 1. The molecule has 0 aliphatic carbocycles. The van der Waals surface area contributed by atoms with Crippen LogP contribution in [0.5, 0.6) is 0 Å². The maximum atomic E-state index is 12.0. The summed E-state index contributed by atoms with van der Waals surface area (Å²) in [6.45, 7) is 1.51. The number of rotatable bonds is 5. The molecule has 1 saturated heterocycles. The van der Waals surface area contributed by atoms with Crippen LogP contribution in [0, 0.1) is 5.41 Å². The molecule has 2 aromatic heterocycles. The van der Waals surface area contributed by atoms with Gasteiger partial charge in [-0.3, -0.25) is 4.79 Å². The molecule has 0 unspecified atom stereocenters. The molecule has 8 heteroatoms. The number of ether oxygens (including phenoxy) is 1. The van der Waals surface area contributed by atoms with Crippen LogP contribution in [-0.2, 0) is 9.53 Å². The summed E-state index contributed by atoms with van der Waals surface area (Å²) in [5, 5.41) is 16.2. The number of carbonyl (C=O) groups excluding carboxylic acids is 1. The van der Waals surface area contributed by atoms with E-state index in [9.17, 15) is 4.79 Å². The summed E-state index contributed by atoms with van der Waals surface area (Å²) >= 11 is 0. The van der Waals surface area contributed by atoms with Crippen molar-refractivity contribution >= 4 is 17.4 Å². The fourth-order valence-electron chi connectivity index (χ4n) is 3.18. The van der Waals surface area contributed by atoms with Gasteiger partial charge < -0.3 is 15.8 Å². The lowest BCUT2D eigenvalue weighted by atomic mass is 9.79. The van der Waals surface area contributed by atoms with E-state index in [2.05, 4.69) is 20.6 Å². The maximum Gasteiger partial charge on any atom is 0.225 e. The first-order valence-electron chi connectivity index (χ1n) is 8.57. The highest BCUT2D eigenvalue weighted by atomic mass is 16.5. The van der Waals surface area contributed by atoms with Crippen molar-refractivity contribution in [2.24, 2.45) is 11.1 Å². The van der Waals surface area contributed by atoms with Gasteiger partial charge in [0.2, 0.25) is 5.91 Å². The average molecular weight is 352 g/mol. The summed E-state index contributed by atoms with van der Waals surface area (Å²) in [6, 6.07) is 13.4. The Balaban J connectivity index is 1.60. The van der Waals surface area contributed by atoms with Gasteiger partial charge in [0.15, 0.2) is 11.5 Å². The van der Waals surface area contributed by atoms with Crippen LogP contribution >= 0.6 is 0 Å². The minimum atomic E-state index is -0.607. The summed E-state index contributed by atoms with van der Waals surface area (Å²) in [5.74, 6) is 1.00.